The average Bonchev–Trinajstić information content (AvgIpc) is 2.42. The molecule has 1 aromatic rings. The third-order valence-electron chi connectivity index (χ3n) is 2.85. The van der Waals surface area contributed by atoms with Crippen LogP contribution in [-0.2, 0) is 16.0 Å². The van der Waals surface area contributed by atoms with Crippen LogP contribution in [0.1, 0.15) is 12.5 Å². The fourth-order valence-electron chi connectivity index (χ4n) is 1.70. The Bertz CT molecular complexity index is 422. The molecule has 0 aliphatic rings. The first-order chi connectivity index (χ1) is 9.04. The second-order valence-electron chi connectivity index (χ2n) is 4.27. The van der Waals surface area contributed by atoms with E-state index < -0.39 is 5.97 Å². The summed E-state index contributed by atoms with van der Waals surface area (Å²) in [5, 5.41) is 8.67. The number of nitrogens with zero attached hydrogens (tertiary/aromatic N) is 1. The van der Waals surface area contributed by atoms with Crippen LogP contribution in [0.15, 0.2) is 30.3 Å². The first-order valence-corrected chi connectivity index (χ1v) is 7.40. The quantitative estimate of drug-likeness (QED) is 0.829. The molecule has 104 valence electrons. The topological polar surface area (TPSA) is 57.6 Å². The van der Waals surface area contributed by atoms with Crippen molar-refractivity contribution in [3.05, 3.63) is 35.9 Å². The third kappa shape index (κ3) is 5.34. The van der Waals surface area contributed by atoms with Gasteiger partial charge in [0.2, 0.25) is 5.91 Å². The van der Waals surface area contributed by atoms with Gasteiger partial charge in [-0.25, -0.2) is 0 Å². The summed E-state index contributed by atoms with van der Waals surface area (Å²) in [6.07, 6.45) is 2.51. The molecule has 19 heavy (non-hydrogen) atoms. The zero-order chi connectivity index (χ0) is 14.3. The summed E-state index contributed by atoms with van der Waals surface area (Å²) in [7, 11) is 0. The number of carbonyl (C=O) groups excluding carboxylic acids is 1. The van der Waals surface area contributed by atoms with Crippen LogP contribution in [0.25, 0.3) is 0 Å². The molecule has 0 fully saturated rings. The van der Waals surface area contributed by atoms with Crippen molar-refractivity contribution in [2.45, 2.75) is 18.6 Å². The Morgan fingerprint density at radius 3 is 2.47 bits per heavy atom. The molecule has 1 amide bonds. The summed E-state index contributed by atoms with van der Waals surface area (Å²) < 4.78 is 0. The van der Waals surface area contributed by atoms with Gasteiger partial charge in [0, 0.05) is 6.54 Å². The minimum Gasteiger partial charge on any atom is -0.480 e. The van der Waals surface area contributed by atoms with Gasteiger partial charge >= 0.3 is 5.97 Å². The van der Waals surface area contributed by atoms with Gasteiger partial charge < -0.3 is 10.0 Å². The molecule has 1 N–H and O–H groups in total. The van der Waals surface area contributed by atoms with Crippen LogP contribution in [0.4, 0.5) is 0 Å². The van der Waals surface area contributed by atoms with E-state index in [1.54, 1.807) is 6.92 Å². The van der Waals surface area contributed by atoms with Crippen molar-refractivity contribution in [3.63, 3.8) is 0 Å². The number of benzene rings is 1. The third-order valence-corrected chi connectivity index (χ3v) is 3.76. The summed E-state index contributed by atoms with van der Waals surface area (Å²) in [5.41, 5.74) is 1.10. The van der Waals surface area contributed by atoms with Gasteiger partial charge in [0.1, 0.15) is 6.54 Å². The molecule has 1 aromatic carbocycles. The smallest absolute Gasteiger partial charge is 0.323 e. The fourth-order valence-corrected chi connectivity index (χ4v) is 2.05. The van der Waals surface area contributed by atoms with Crippen molar-refractivity contribution >= 4 is 23.6 Å². The molecular weight excluding hydrogens is 262 g/mol. The largest absolute Gasteiger partial charge is 0.480 e. The van der Waals surface area contributed by atoms with Gasteiger partial charge in [0.05, 0.1) is 5.25 Å². The van der Waals surface area contributed by atoms with Crippen molar-refractivity contribution in [1.29, 1.82) is 0 Å². The highest BCUT2D eigenvalue weighted by Gasteiger charge is 2.21. The van der Waals surface area contributed by atoms with E-state index in [1.807, 2.05) is 36.6 Å². The van der Waals surface area contributed by atoms with Crippen molar-refractivity contribution in [1.82, 2.24) is 4.90 Å². The fraction of sp³-hybridized carbons (Fsp3) is 0.429. The van der Waals surface area contributed by atoms with Gasteiger partial charge in [0.15, 0.2) is 0 Å². The lowest BCUT2D eigenvalue weighted by Gasteiger charge is -2.23. The van der Waals surface area contributed by atoms with Gasteiger partial charge in [-0.05, 0) is 25.2 Å². The second kappa shape index (κ2) is 7.84. The first kappa shape index (κ1) is 15.6. The molecule has 5 heteroatoms. The molecule has 0 aromatic heterocycles. The molecular formula is C14H19NO3S. The zero-order valence-corrected chi connectivity index (χ0v) is 12.0. The lowest BCUT2D eigenvalue weighted by Crippen LogP contribution is -2.41. The SMILES string of the molecule is CSC(C)C(=O)N(CCc1ccccc1)CC(=O)O. The summed E-state index contributed by atoms with van der Waals surface area (Å²) in [6, 6.07) is 9.74. The van der Waals surface area contributed by atoms with E-state index in [0.717, 1.165) is 5.56 Å². The van der Waals surface area contributed by atoms with Crippen molar-refractivity contribution in [2.75, 3.05) is 19.3 Å². The lowest BCUT2D eigenvalue weighted by atomic mass is 10.1. The molecule has 1 atom stereocenters. The van der Waals surface area contributed by atoms with Crippen molar-refractivity contribution < 1.29 is 14.7 Å². The number of carbonyl (C=O) groups is 2. The van der Waals surface area contributed by atoms with Gasteiger partial charge in [0.25, 0.3) is 0 Å². The second-order valence-corrected chi connectivity index (χ2v) is 5.45. The van der Waals surface area contributed by atoms with Gasteiger partial charge in [-0.1, -0.05) is 30.3 Å². The number of rotatable bonds is 7. The number of hydrogen-bond acceptors (Lipinski definition) is 3. The van der Waals surface area contributed by atoms with Crippen LogP contribution >= 0.6 is 11.8 Å². The molecule has 0 saturated heterocycles. The number of carboxylic acids is 1. The minimum absolute atomic E-state index is 0.120. The molecule has 1 rings (SSSR count). The molecule has 0 spiro atoms. The Balaban J connectivity index is 2.64. The van der Waals surface area contributed by atoms with E-state index in [1.165, 1.54) is 16.7 Å². The van der Waals surface area contributed by atoms with Crippen LogP contribution in [0.5, 0.6) is 0 Å². The van der Waals surface area contributed by atoms with Crippen LogP contribution in [-0.4, -0.2) is 46.5 Å². The number of amides is 1. The van der Waals surface area contributed by atoms with Crippen LogP contribution in [0.3, 0.4) is 0 Å². The predicted molar refractivity (Wildman–Crippen MR) is 77.3 cm³/mol. The first-order valence-electron chi connectivity index (χ1n) is 6.12. The Hall–Kier alpha value is -1.49. The Kier molecular flexibility index (Phi) is 6.42. The molecule has 0 saturated carbocycles. The molecule has 0 aliphatic carbocycles. The van der Waals surface area contributed by atoms with Crippen LogP contribution in [0, 0.1) is 0 Å². The Morgan fingerprint density at radius 2 is 1.95 bits per heavy atom. The van der Waals surface area contributed by atoms with E-state index in [2.05, 4.69) is 0 Å². The maximum absolute atomic E-state index is 12.1. The van der Waals surface area contributed by atoms with Crippen molar-refractivity contribution in [2.24, 2.45) is 0 Å². The Morgan fingerprint density at radius 1 is 1.32 bits per heavy atom. The highest BCUT2D eigenvalue weighted by molar-refractivity contribution is 7.99. The summed E-state index contributed by atoms with van der Waals surface area (Å²) >= 11 is 1.43. The molecule has 0 aliphatic heterocycles. The normalized spacial score (nSPS) is 11.9. The minimum atomic E-state index is -0.977. The molecule has 0 radical (unpaired) electrons. The van der Waals surface area contributed by atoms with Crippen molar-refractivity contribution in [3.8, 4) is 0 Å². The molecule has 1 unspecified atom stereocenters. The summed E-state index contributed by atoms with van der Waals surface area (Å²) in [5.74, 6) is -1.10. The molecule has 4 nitrogen and oxygen atoms in total. The number of aliphatic carboxylic acids is 1. The number of hydrogen-bond donors (Lipinski definition) is 1. The van der Waals surface area contributed by atoms with E-state index in [9.17, 15) is 9.59 Å². The standard InChI is InChI=1S/C14H19NO3S/c1-11(19-2)14(18)15(10-13(16)17)9-8-12-6-4-3-5-7-12/h3-7,11H,8-10H2,1-2H3,(H,16,17). The predicted octanol–water partition coefficient (Wildman–Crippen LogP) is 1.89. The summed E-state index contributed by atoms with van der Waals surface area (Å²) in [4.78, 5) is 24.3. The maximum atomic E-state index is 12.1. The van der Waals surface area contributed by atoms with Crippen LogP contribution in [0.2, 0.25) is 0 Å². The van der Waals surface area contributed by atoms with E-state index in [-0.39, 0.29) is 17.7 Å². The molecule has 0 heterocycles. The monoisotopic (exact) mass is 281 g/mol. The number of thioether (sulfide) groups is 1. The highest BCUT2D eigenvalue weighted by Crippen LogP contribution is 2.10. The maximum Gasteiger partial charge on any atom is 0.323 e. The van der Waals surface area contributed by atoms with Gasteiger partial charge in [-0.3, -0.25) is 9.59 Å². The number of carboxylic acid groups (broad SMARTS) is 1. The van der Waals surface area contributed by atoms with Gasteiger partial charge in [-0.2, -0.15) is 11.8 Å². The Labute approximate surface area is 117 Å². The van der Waals surface area contributed by atoms with Crippen LogP contribution < -0.4 is 0 Å². The zero-order valence-electron chi connectivity index (χ0n) is 11.2. The van der Waals surface area contributed by atoms with E-state index >= 15 is 0 Å². The molecule has 0 bridgehead atoms. The van der Waals surface area contributed by atoms with E-state index in [0.29, 0.717) is 13.0 Å². The average molecular weight is 281 g/mol. The van der Waals surface area contributed by atoms with E-state index in [4.69, 9.17) is 5.11 Å². The summed E-state index contributed by atoms with van der Waals surface area (Å²) in [6.45, 7) is 1.99. The lowest BCUT2D eigenvalue weighted by molar-refractivity contribution is -0.144. The van der Waals surface area contributed by atoms with Gasteiger partial charge in [-0.15, -0.1) is 0 Å². The highest BCUT2D eigenvalue weighted by atomic mass is 32.2.